The van der Waals surface area contributed by atoms with Crippen LogP contribution in [-0.2, 0) is 0 Å². The molecule has 0 spiro atoms. The van der Waals surface area contributed by atoms with Gasteiger partial charge in [0.15, 0.2) is 0 Å². The topological polar surface area (TPSA) is 29.5 Å². The Morgan fingerprint density at radius 2 is 1.75 bits per heavy atom. The van der Waals surface area contributed by atoms with Gasteiger partial charge in [0.1, 0.15) is 5.75 Å². The first-order chi connectivity index (χ1) is 9.59. The zero-order chi connectivity index (χ0) is 14.3. The van der Waals surface area contributed by atoms with Gasteiger partial charge < -0.3 is 4.74 Å². The Bertz CT molecular complexity index is 674. The maximum atomic E-state index is 12.3. The van der Waals surface area contributed by atoms with Crippen LogP contribution in [0.5, 0.6) is 5.75 Å². The van der Waals surface area contributed by atoms with Crippen LogP contribution in [0.1, 0.15) is 10.4 Å². The lowest BCUT2D eigenvalue weighted by Crippen LogP contribution is -2.20. The molecule has 0 radical (unpaired) electrons. The van der Waals surface area contributed by atoms with Gasteiger partial charge in [0.2, 0.25) is 0 Å². The fraction of sp³-hybridized carbons (Fsp3) is 0.133. The molecule has 0 fully saturated rings. The number of carbonyl (C=O) groups is 1. The van der Waals surface area contributed by atoms with Gasteiger partial charge in [0.25, 0.3) is 5.91 Å². The van der Waals surface area contributed by atoms with Crippen molar-refractivity contribution >= 4 is 26.0 Å². The number of benzene rings is 2. The molecule has 0 aliphatic carbocycles. The molecular weight excluding hydrogens is 294 g/mol. The zero-order valence-corrected chi connectivity index (χ0v) is 12.7. The smallest absolute Gasteiger partial charge is 0.264 e. The third kappa shape index (κ3) is 1.72. The molecular formula is C15H14ClNO2S. The Labute approximate surface area is 124 Å². The second-order valence-corrected chi connectivity index (χ2v) is 8.30. The van der Waals surface area contributed by atoms with E-state index in [-0.39, 0.29) is 5.91 Å². The van der Waals surface area contributed by atoms with Gasteiger partial charge in [0, 0.05) is 16.8 Å². The molecule has 1 aliphatic rings. The van der Waals surface area contributed by atoms with E-state index in [2.05, 4.69) is 0 Å². The van der Waals surface area contributed by atoms with Gasteiger partial charge in [-0.05, 0) is 56.5 Å². The van der Waals surface area contributed by atoms with E-state index in [0.29, 0.717) is 5.56 Å². The standard InChI is InChI=1S/C15H14ClNO2S/c1-17-15(18)13-5-3-4-6-14(13)20(17,16)12-9-7-11(19-2)8-10-12/h3-10H,1-2H3. The van der Waals surface area contributed by atoms with Crippen LogP contribution < -0.4 is 4.74 Å². The largest absolute Gasteiger partial charge is 0.497 e. The predicted molar refractivity (Wildman–Crippen MR) is 81.5 cm³/mol. The van der Waals surface area contributed by atoms with Crippen molar-refractivity contribution in [3.63, 3.8) is 0 Å². The first-order valence-electron chi connectivity index (χ1n) is 6.13. The zero-order valence-electron chi connectivity index (χ0n) is 11.2. The van der Waals surface area contributed by atoms with Crippen LogP contribution in [0.3, 0.4) is 0 Å². The summed E-state index contributed by atoms with van der Waals surface area (Å²) in [5.41, 5.74) is 0.691. The van der Waals surface area contributed by atoms with Crippen LogP contribution in [0.25, 0.3) is 0 Å². The second kappa shape index (κ2) is 4.72. The molecule has 20 heavy (non-hydrogen) atoms. The quantitative estimate of drug-likeness (QED) is 0.837. The molecule has 0 aromatic heterocycles. The molecule has 0 saturated carbocycles. The lowest BCUT2D eigenvalue weighted by molar-refractivity contribution is 0.0896. The Morgan fingerprint density at radius 1 is 1.10 bits per heavy atom. The third-order valence-electron chi connectivity index (χ3n) is 3.44. The molecule has 1 unspecified atom stereocenters. The summed E-state index contributed by atoms with van der Waals surface area (Å²) >= 11 is 0. The van der Waals surface area contributed by atoms with E-state index in [1.165, 1.54) is 0 Å². The highest BCUT2D eigenvalue weighted by atomic mass is 35.7. The van der Waals surface area contributed by atoms with E-state index in [0.717, 1.165) is 15.5 Å². The SMILES string of the molecule is COc1ccc(S2(Cl)c3ccccc3C(=O)N2C)cc1. The molecule has 104 valence electrons. The van der Waals surface area contributed by atoms with E-state index in [9.17, 15) is 4.79 Å². The Balaban J connectivity index is 2.17. The Kier molecular flexibility index (Phi) is 3.15. The van der Waals surface area contributed by atoms with Crippen LogP contribution in [0.4, 0.5) is 0 Å². The van der Waals surface area contributed by atoms with Crippen LogP contribution in [0.15, 0.2) is 58.3 Å². The van der Waals surface area contributed by atoms with Gasteiger partial charge in [0.05, 0.1) is 12.7 Å². The molecule has 0 saturated heterocycles. The number of hydrogen-bond acceptors (Lipinski definition) is 2. The van der Waals surface area contributed by atoms with Crippen molar-refractivity contribution < 1.29 is 9.53 Å². The van der Waals surface area contributed by atoms with Crippen molar-refractivity contribution in [2.75, 3.05) is 14.2 Å². The van der Waals surface area contributed by atoms with Gasteiger partial charge in [-0.3, -0.25) is 9.10 Å². The molecule has 1 aliphatic heterocycles. The lowest BCUT2D eigenvalue weighted by atomic mass is 10.2. The number of amides is 1. The monoisotopic (exact) mass is 307 g/mol. The highest BCUT2D eigenvalue weighted by Crippen LogP contribution is 2.72. The van der Waals surface area contributed by atoms with Crippen molar-refractivity contribution in [3.8, 4) is 5.75 Å². The van der Waals surface area contributed by atoms with E-state index in [4.69, 9.17) is 15.4 Å². The van der Waals surface area contributed by atoms with Crippen LogP contribution in [0.2, 0.25) is 0 Å². The number of halogens is 1. The lowest BCUT2D eigenvalue weighted by Gasteiger charge is -2.36. The summed E-state index contributed by atoms with van der Waals surface area (Å²) < 4.78 is 6.82. The van der Waals surface area contributed by atoms with Gasteiger partial charge in [-0.25, -0.2) is 0 Å². The maximum Gasteiger partial charge on any atom is 0.264 e. The summed E-state index contributed by atoms with van der Waals surface area (Å²) in [6, 6.07) is 15.1. The molecule has 1 atom stereocenters. The van der Waals surface area contributed by atoms with Crippen molar-refractivity contribution in [2.45, 2.75) is 9.79 Å². The summed E-state index contributed by atoms with van der Waals surface area (Å²) in [6.07, 6.45) is 0. The summed E-state index contributed by atoms with van der Waals surface area (Å²) in [4.78, 5) is 14.2. The van der Waals surface area contributed by atoms with Gasteiger partial charge in [-0.2, -0.15) is 0 Å². The van der Waals surface area contributed by atoms with Gasteiger partial charge >= 0.3 is 0 Å². The summed E-state index contributed by atoms with van der Waals surface area (Å²) in [6.45, 7) is 0. The van der Waals surface area contributed by atoms with Crippen LogP contribution in [0, 0.1) is 0 Å². The molecule has 3 nitrogen and oxygen atoms in total. The first kappa shape index (κ1) is 13.3. The number of methoxy groups -OCH3 is 1. The molecule has 0 N–H and O–H groups in total. The highest BCUT2D eigenvalue weighted by Gasteiger charge is 2.43. The minimum Gasteiger partial charge on any atom is -0.497 e. The van der Waals surface area contributed by atoms with Crippen molar-refractivity contribution in [2.24, 2.45) is 0 Å². The predicted octanol–water partition coefficient (Wildman–Crippen LogP) is 4.07. The average molecular weight is 308 g/mol. The molecule has 2 aromatic carbocycles. The molecule has 3 rings (SSSR count). The van der Waals surface area contributed by atoms with Crippen LogP contribution in [-0.4, -0.2) is 24.4 Å². The number of hydrogen-bond donors (Lipinski definition) is 0. The molecule has 5 heteroatoms. The summed E-state index contributed by atoms with van der Waals surface area (Å²) in [5, 5.41) is 0. The first-order valence-corrected chi connectivity index (χ1v) is 8.55. The minimum absolute atomic E-state index is 0.0265. The molecule has 1 heterocycles. The number of carbonyl (C=O) groups excluding carboxylic acids is 1. The Morgan fingerprint density at radius 3 is 2.40 bits per heavy atom. The number of nitrogens with zero attached hydrogens (tertiary/aromatic N) is 1. The fourth-order valence-corrected chi connectivity index (χ4v) is 5.65. The second-order valence-electron chi connectivity index (χ2n) is 4.48. The number of ether oxygens (including phenoxy) is 1. The van der Waals surface area contributed by atoms with Gasteiger partial charge in [-0.1, -0.05) is 12.1 Å². The summed E-state index contributed by atoms with van der Waals surface area (Å²) in [7, 11) is 8.30. The van der Waals surface area contributed by atoms with E-state index >= 15 is 0 Å². The minimum atomic E-state index is -1.99. The van der Waals surface area contributed by atoms with Crippen molar-refractivity contribution in [1.29, 1.82) is 0 Å². The third-order valence-corrected chi connectivity index (χ3v) is 7.85. The van der Waals surface area contributed by atoms with E-state index in [1.54, 1.807) is 18.5 Å². The van der Waals surface area contributed by atoms with Crippen molar-refractivity contribution in [1.82, 2.24) is 4.31 Å². The number of rotatable bonds is 2. The van der Waals surface area contributed by atoms with Crippen molar-refractivity contribution in [3.05, 3.63) is 54.1 Å². The summed E-state index contributed by atoms with van der Waals surface area (Å²) in [5.74, 6) is 0.745. The normalized spacial score (nSPS) is 24.1. The average Bonchev–Trinajstić information content (AvgIpc) is 2.71. The molecule has 0 bridgehead atoms. The molecule has 2 aromatic rings. The Hall–Kier alpha value is -1.65. The van der Waals surface area contributed by atoms with Crippen LogP contribution >= 0.6 is 20.1 Å². The maximum absolute atomic E-state index is 12.3. The highest BCUT2D eigenvalue weighted by molar-refractivity contribution is 8.50. The van der Waals surface area contributed by atoms with Gasteiger partial charge in [-0.15, -0.1) is 0 Å². The number of fused-ring (bicyclic) bond motifs is 1. The fourth-order valence-electron chi connectivity index (χ4n) is 2.35. The van der Waals surface area contributed by atoms with E-state index in [1.807, 2.05) is 48.5 Å². The van der Waals surface area contributed by atoms with E-state index < -0.39 is 9.43 Å². The molecule has 1 amide bonds.